The topological polar surface area (TPSA) is 63.5 Å². The largest absolute Gasteiger partial charge is 0.419 e. The first-order chi connectivity index (χ1) is 14.0. The molecule has 0 aliphatic carbocycles. The van der Waals surface area contributed by atoms with Gasteiger partial charge in [0.15, 0.2) is 4.96 Å². The molecule has 5 nitrogen and oxygen atoms in total. The van der Waals surface area contributed by atoms with Crippen molar-refractivity contribution in [3.8, 4) is 0 Å². The number of rotatable bonds is 5. The summed E-state index contributed by atoms with van der Waals surface area (Å²) in [7, 11) is 0. The molecule has 1 aromatic carbocycles. The lowest BCUT2D eigenvalue weighted by molar-refractivity contribution is -0.140. The zero-order valence-electron chi connectivity index (χ0n) is 16.4. The number of amides is 1. The quantitative estimate of drug-likeness (QED) is 0.598. The van der Waals surface area contributed by atoms with Gasteiger partial charge in [-0.2, -0.15) is 13.2 Å². The van der Waals surface area contributed by atoms with Crippen LogP contribution < -0.4 is 10.9 Å². The van der Waals surface area contributed by atoms with E-state index in [4.69, 9.17) is 0 Å². The summed E-state index contributed by atoms with van der Waals surface area (Å²) in [6, 6.07) is 4.12. The van der Waals surface area contributed by atoms with Crippen molar-refractivity contribution in [1.82, 2.24) is 14.7 Å². The first-order valence-corrected chi connectivity index (χ1v) is 10.0. The Morgan fingerprint density at radius 2 is 2.00 bits per heavy atom. The van der Waals surface area contributed by atoms with E-state index in [1.807, 2.05) is 13.8 Å². The Kier molecular flexibility index (Phi) is 5.98. The van der Waals surface area contributed by atoms with Crippen LogP contribution in [0.5, 0.6) is 0 Å². The Morgan fingerprint density at radius 1 is 1.30 bits per heavy atom. The fraction of sp³-hybridized carbons (Fsp3) is 0.350. The maximum absolute atomic E-state index is 14.4. The molecule has 160 valence electrons. The highest BCUT2D eigenvalue weighted by atomic mass is 32.1. The lowest BCUT2D eigenvalue weighted by atomic mass is 10.0. The fourth-order valence-corrected chi connectivity index (χ4v) is 4.26. The van der Waals surface area contributed by atoms with Gasteiger partial charge in [-0.1, -0.05) is 26.0 Å². The maximum Gasteiger partial charge on any atom is 0.419 e. The number of hydrogen-bond donors (Lipinski definition) is 1. The van der Waals surface area contributed by atoms with Crippen molar-refractivity contribution in [1.29, 1.82) is 0 Å². The number of halogens is 4. The van der Waals surface area contributed by atoms with Gasteiger partial charge in [-0.05, 0) is 24.5 Å². The van der Waals surface area contributed by atoms with Crippen molar-refractivity contribution >= 4 is 22.2 Å². The van der Waals surface area contributed by atoms with Crippen molar-refractivity contribution in [2.75, 3.05) is 6.54 Å². The van der Waals surface area contributed by atoms with E-state index in [0.29, 0.717) is 17.5 Å². The molecule has 2 heterocycles. The lowest BCUT2D eigenvalue weighted by Gasteiger charge is -2.11. The van der Waals surface area contributed by atoms with Crippen molar-refractivity contribution in [3.63, 3.8) is 0 Å². The highest BCUT2D eigenvalue weighted by Crippen LogP contribution is 2.33. The number of carbonyl (C=O) groups is 1. The van der Waals surface area contributed by atoms with Gasteiger partial charge in [-0.15, -0.1) is 11.3 Å². The molecule has 0 fully saturated rings. The van der Waals surface area contributed by atoms with Crippen LogP contribution in [-0.2, 0) is 12.6 Å². The number of thiazole rings is 1. The van der Waals surface area contributed by atoms with Gasteiger partial charge in [0.2, 0.25) is 0 Å². The Bertz CT molecular complexity index is 1170. The summed E-state index contributed by atoms with van der Waals surface area (Å²) < 4.78 is 54.4. The standard InChI is InChI=1S/C20H19F4N3O2S/c1-4-25-18(29)16-17(10(2)3)30-19-26-12(9-14(28)27(16)19)8-11-6-5-7-13(15(11)21)20(22,23)24/h5-7,9-10H,4,8H2,1-3H3,(H,25,29). The van der Waals surface area contributed by atoms with Gasteiger partial charge in [0.1, 0.15) is 11.5 Å². The molecule has 3 aromatic rings. The summed E-state index contributed by atoms with van der Waals surface area (Å²) in [5.74, 6) is -1.85. The predicted octanol–water partition coefficient (Wildman–Crippen LogP) is 4.38. The molecule has 0 aliphatic heterocycles. The molecule has 0 aliphatic rings. The molecule has 10 heteroatoms. The first-order valence-electron chi connectivity index (χ1n) is 9.22. The molecule has 0 radical (unpaired) electrons. The average molecular weight is 441 g/mol. The third kappa shape index (κ3) is 4.09. The van der Waals surface area contributed by atoms with E-state index < -0.39 is 29.0 Å². The summed E-state index contributed by atoms with van der Waals surface area (Å²) in [4.78, 5) is 30.5. The van der Waals surface area contributed by atoms with Gasteiger partial charge < -0.3 is 5.32 Å². The molecule has 1 N–H and O–H groups in total. The predicted molar refractivity (Wildman–Crippen MR) is 106 cm³/mol. The van der Waals surface area contributed by atoms with E-state index in [9.17, 15) is 27.2 Å². The Morgan fingerprint density at radius 3 is 2.60 bits per heavy atom. The van der Waals surface area contributed by atoms with E-state index in [1.54, 1.807) is 6.92 Å². The van der Waals surface area contributed by atoms with E-state index >= 15 is 0 Å². The molecule has 0 bridgehead atoms. The van der Waals surface area contributed by atoms with E-state index in [2.05, 4.69) is 10.3 Å². The zero-order chi connectivity index (χ0) is 22.2. The van der Waals surface area contributed by atoms with Crippen LogP contribution in [0.1, 0.15) is 58.9 Å². The number of nitrogens with zero attached hydrogens (tertiary/aromatic N) is 2. The van der Waals surface area contributed by atoms with Crippen LogP contribution >= 0.6 is 11.3 Å². The normalized spacial score (nSPS) is 12.0. The third-order valence-corrected chi connectivity index (χ3v) is 5.77. The number of alkyl halides is 3. The van der Waals surface area contributed by atoms with Crippen molar-refractivity contribution in [2.45, 2.75) is 39.3 Å². The van der Waals surface area contributed by atoms with Gasteiger partial charge in [-0.25, -0.2) is 13.8 Å². The third-order valence-electron chi connectivity index (χ3n) is 4.43. The highest BCUT2D eigenvalue weighted by Gasteiger charge is 2.34. The molecule has 30 heavy (non-hydrogen) atoms. The van der Waals surface area contributed by atoms with Crippen LogP contribution in [0.3, 0.4) is 0 Å². The number of nitrogens with one attached hydrogen (secondary N) is 1. The molecular formula is C20H19F4N3O2S. The molecule has 0 saturated carbocycles. The van der Waals surface area contributed by atoms with Gasteiger partial charge >= 0.3 is 6.18 Å². The number of carbonyl (C=O) groups excluding carboxylic acids is 1. The molecule has 0 spiro atoms. The molecule has 0 atom stereocenters. The van der Waals surface area contributed by atoms with Crippen LogP contribution in [-0.4, -0.2) is 21.8 Å². The van der Waals surface area contributed by atoms with E-state index in [0.717, 1.165) is 23.5 Å². The summed E-state index contributed by atoms with van der Waals surface area (Å²) in [6.45, 7) is 5.88. The van der Waals surface area contributed by atoms with E-state index in [-0.39, 0.29) is 34.3 Å². The van der Waals surface area contributed by atoms with Crippen molar-refractivity contribution in [2.24, 2.45) is 0 Å². The molecule has 1 amide bonds. The van der Waals surface area contributed by atoms with Crippen LogP contribution in [0.25, 0.3) is 4.96 Å². The minimum Gasteiger partial charge on any atom is -0.351 e. The first kappa shape index (κ1) is 21.9. The fourth-order valence-electron chi connectivity index (χ4n) is 3.11. The Labute approximate surface area is 173 Å². The lowest BCUT2D eigenvalue weighted by Crippen LogP contribution is -2.28. The van der Waals surface area contributed by atoms with Gasteiger partial charge in [0, 0.05) is 23.9 Å². The van der Waals surface area contributed by atoms with Crippen molar-refractivity contribution in [3.05, 3.63) is 67.8 Å². The minimum atomic E-state index is -4.82. The monoisotopic (exact) mass is 441 g/mol. The van der Waals surface area contributed by atoms with Crippen LogP contribution in [0.15, 0.2) is 29.1 Å². The van der Waals surface area contributed by atoms with E-state index in [1.165, 1.54) is 10.5 Å². The maximum atomic E-state index is 14.4. The number of benzene rings is 1. The second-order valence-electron chi connectivity index (χ2n) is 6.99. The summed E-state index contributed by atoms with van der Waals surface area (Å²) in [5, 5.41) is 2.67. The number of hydrogen-bond acceptors (Lipinski definition) is 4. The SMILES string of the molecule is CCNC(=O)c1c(C(C)C)sc2nc(Cc3cccc(C(F)(F)F)c3F)cc(=O)n12. The number of aromatic nitrogens is 2. The van der Waals surface area contributed by atoms with Gasteiger partial charge in [0.25, 0.3) is 11.5 Å². The smallest absolute Gasteiger partial charge is 0.351 e. The molecule has 0 unspecified atom stereocenters. The summed E-state index contributed by atoms with van der Waals surface area (Å²) in [5.41, 5.74) is -1.81. The Hall–Kier alpha value is -2.75. The minimum absolute atomic E-state index is 0.0573. The van der Waals surface area contributed by atoms with Gasteiger partial charge in [0.05, 0.1) is 11.3 Å². The molecule has 3 rings (SSSR count). The Balaban J connectivity index is 2.11. The van der Waals surface area contributed by atoms with Gasteiger partial charge in [-0.3, -0.25) is 9.59 Å². The molecular weight excluding hydrogens is 422 g/mol. The molecule has 0 saturated heterocycles. The highest BCUT2D eigenvalue weighted by molar-refractivity contribution is 7.17. The molecule has 2 aromatic heterocycles. The number of fused-ring (bicyclic) bond motifs is 1. The second kappa shape index (κ2) is 8.17. The average Bonchev–Trinajstić information content (AvgIpc) is 3.03. The zero-order valence-corrected chi connectivity index (χ0v) is 17.2. The second-order valence-corrected chi connectivity index (χ2v) is 8.00. The van der Waals surface area contributed by atoms with Crippen LogP contribution in [0, 0.1) is 5.82 Å². The van der Waals surface area contributed by atoms with Crippen molar-refractivity contribution < 1.29 is 22.4 Å². The van der Waals surface area contributed by atoms with Crippen LogP contribution in [0.2, 0.25) is 0 Å². The van der Waals surface area contributed by atoms with Crippen LogP contribution in [0.4, 0.5) is 17.6 Å². The summed E-state index contributed by atoms with van der Waals surface area (Å²) in [6.07, 6.45) is -5.11. The summed E-state index contributed by atoms with van der Waals surface area (Å²) >= 11 is 1.15.